The van der Waals surface area contributed by atoms with Crippen LogP contribution in [-0.2, 0) is 6.42 Å². The van der Waals surface area contributed by atoms with E-state index in [1.54, 1.807) is 12.3 Å². The van der Waals surface area contributed by atoms with E-state index in [0.29, 0.717) is 24.3 Å². The van der Waals surface area contributed by atoms with Gasteiger partial charge in [0.15, 0.2) is 0 Å². The number of nitrogens with zero attached hydrogens (tertiary/aromatic N) is 1. The Morgan fingerprint density at radius 1 is 1.30 bits per heavy atom. The molecule has 2 rings (SSSR count). The molecule has 1 aromatic heterocycles. The quantitative estimate of drug-likeness (QED) is 0.883. The van der Waals surface area contributed by atoms with Crippen LogP contribution in [0.1, 0.15) is 24.1 Å². The molecule has 0 spiro atoms. The minimum atomic E-state index is -0.581. The van der Waals surface area contributed by atoms with Gasteiger partial charge in [-0.05, 0) is 30.7 Å². The molecule has 2 aromatic rings. The van der Waals surface area contributed by atoms with Crippen LogP contribution in [0.3, 0.4) is 0 Å². The third kappa shape index (κ3) is 3.30. The van der Waals surface area contributed by atoms with E-state index in [9.17, 15) is 8.78 Å². The zero-order valence-electron chi connectivity index (χ0n) is 11.2. The number of halogens is 2. The summed E-state index contributed by atoms with van der Waals surface area (Å²) in [5, 5.41) is 3.19. The highest BCUT2D eigenvalue weighted by Crippen LogP contribution is 2.23. The Labute approximate surface area is 116 Å². The number of nitrogens with one attached hydrogen (secondary N) is 1. The van der Waals surface area contributed by atoms with Gasteiger partial charge in [-0.2, -0.15) is 0 Å². The minimum Gasteiger partial charge on any atom is -0.383 e. The predicted octanol–water partition coefficient (Wildman–Crippen LogP) is 2.84. The second-order valence-corrected chi connectivity index (χ2v) is 4.53. The number of likely N-dealkylation sites (N-methyl/N-ethyl adjacent to an activating group) is 1. The fourth-order valence-electron chi connectivity index (χ4n) is 2.17. The summed E-state index contributed by atoms with van der Waals surface area (Å²) in [6.07, 6.45) is 2.11. The molecule has 106 valence electrons. The number of anilines is 1. The van der Waals surface area contributed by atoms with Gasteiger partial charge in [-0.1, -0.05) is 19.1 Å². The molecule has 1 atom stereocenters. The SMILES string of the molecule is CCNC(Cc1cccnc1N)c1ccc(F)cc1F. The molecule has 0 aliphatic carbocycles. The van der Waals surface area contributed by atoms with E-state index in [4.69, 9.17) is 5.73 Å². The molecule has 1 unspecified atom stereocenters. The van der Waals surface area contributed by atoms with Crippen molar-refractivity contribution < 1.29 is 8.78 Å². The molecule has 0 bridgehead atoms. The molecule has 0 saturated heterocycles. The maximum absolute atomic E-state index is 13.9. The first-order chi connectivity index (χ1) is 9.61. The van der Waals surface area contributed by atoms with E-state index in [1.807, 2.05) is 13.0 Å². The van der Waals surface area contributed by atoms with E-state index in [0.717, 1.165) is 11.6 Å². The molecule has 5 heteroatoms. The zero-order valence-corrected chi connectivity index (χ0v) is 11.2. The summed E-state index contributed by atoms with van der Waals surface area (Å²) in [6.45, 7) is 2.60. The molecule has 1 aromatic carbocycles. The summed E-state index contributed by atoms with van der Waals surface area (Å²) in [7, 11) is 0. The van der Waals surface area contributed by atoms with Crippen molar-refractivity contribution >= 4 is 5.82 Å². The van der Waals surface area contributed by atoms with Crippen LogP contribution in [0.4, 0.5) is 14.6 Å². The summed E-state index contributed by atoms with van der Waals surface area (Å²) in [6, 6.07) is 6.99. The second-order valence-electron chi connectivity index (χ2n) is 4.53. The molecule has 0 saturated carbocycles. The van der Waals surface area contributed by atoms with Crippen molar-refractivity contribution in [3.05, 3.63) is 59.3 Å². The van der Waals surface area contributed by atoms with Crippen LogP contribution in [0.25, 0.3) is 0 Å². The monoisotopic (exact) mass is 277 g/mol. The fraction of sp³-hybridized carbons (Fsp3) is 0.267. The van der Waals surface area contributed by atoms with Crippen LogP contribution in [0.2, 0.25) is 0 Å². The van der Waals surface area contributed by atoms with Crippen molar-refractivity contribution in [3.8, 4) is 0 Å². The molecule has 0 aliphatic rings. The van der Waals surface area contributed by atoms with Crippen molar-refractivity contribution in [2.24, 2.45) is 0 Å². The second kappa shape index (κ2) is 6.43. The Morgan fingerprint density at radius 2 is 2.10 bits per heavy atom. The van der Waals surface area contributed by atoms with Crippen molar-refractivity contribution in [2.75, 3.05) is 12.3 Å². The van der Waals surface area contributed by atoms with Crippen LogP contribution in [0, 0.1) is 11.6 Å². The van der Waals surface area contributed by atoms with E-state index in [1.165, 1.54) is 12.1 Å². The average molecular weight is 277 g/mol. The van der Waals surface area contributed by atoms with Gasteiger partial charge < -0.3 is 11.1 Å². The first kappa shape index (κ1) is 14.4. The molecule has 0 aliphatic heterocycles. The summed E-state index contributed by atoms with van der Waals surface area (Å²) in [5.74, 6) is -0.710. The molecule has 1 heterocycles. The largest absolute Gasteiger partial charge is 0.383 e. The lowest BCUT2D eigenvalue weighted by Gasteiger charge is -2.19. The third-order valence-electron chi connectivity index (χ3n) is 3.14. The van der Waals surface area contributed by atoms with Crippen LogP contribution in [0.5, 0.6) is 0 Å². The lowest BCUT2D eigenvalue weighted by Crippen LogP contribution is -2.24. The predicted molar refractivity (Wildman–Crippen MR) is 75.1 cm³/mol. The fourth-order valence-corrected chi connectivity index (χ4v) is 2.17. The molecular weight excluding hydrogens is 260 g/mol. The molecule has 3 N–H and O–H groups in total. The lowest BCUT2D eigenvalue weighted by molar-refractivity contribution is 0.502. The summed E-state index contributed by atoms with van der Waals surface area (Å²) < 4.78 is 26.9. The lowest BCUT2D eigenvalue weighted by atomic mass is 9.98. The highest BCUT2D eigenvalue weighted by molar-refractivity contribution is 5.40. The van der Waals surface area contributed by atoms with E-state index in [-0.39, 0.29) is 6.04 Å². The number of benzene rings is 1. The number of rotatable bonds is 5. The van der Waals surface area contributed by atoms with Crippen LogP contribution < -0.4 is 11.1 Å². The minimum absolute atomic E-state index is 0.271. The smallest absolute Gasteiger partial charge is 0.130 e. The summed E-state index contributed by atoms with van der Waals surface area (Å²) in [4.78, 5) is 4.02. The third-order valence-corrected chi connectivity index (χ3v) is 3.14. The summed E-state index contributed by atoms with van der Waals surface area (Å²) in [5.41, 5.74) is 7.08. The van der Waals surface area contributed by atoms with Crippen LogP contribution in [-0.4, -0.2) is 11.5 Å². The molecule has 20 heavy (non-hydrogen) atoms. The van der Waals surface area contributed by atoms with Crippen molar-refractivity contribution in [1.82, 2.24) is 10.3 Å². The normalized spacial score (nSPS) is 12.3. The highest BCUT2D eigenvalue weighted by Gasteiger charge is 2.17. The Balaban J connectivity index is 2.29. The van der Waals surface area contributed by atoms with Crippen LogP contribution in [0.15, 0.2) is 36.5 Å². The standard InChI is InChI=1S/C15H17F2N3/c1-2-19-14(8-10-4-3-7-20-15(10)18)12-6-5-11(16)9-13(12)17/h3-7,9,14,19H,2,8H2,1H3,(H2,18,20). The Bertz CT molecular complexity index is 587. The first-order valence-electron chi connectivity index (χ1n) is 6.49. The van der Waals surface area contributed by atoms with Gasteiger partial charge >= 0.3 is 0 Å². The topological polar surface area (TPSA) is 50.9 Å². The first-order valence-corrected chi connectivity index (χ1v) is 6.49. The molecule has 3 nitrogen and oxygen atoms in total. The van der Waals surface area contributed by atoms with Crippen molar-refractivity contribution in [3.63, 3.8) is 0 Å². The molecule has 0 amide bonds. The number of hydrogen-bond acceptors (Lipinski definition) is 3. The van der Waals surface area contributed by atoms with Crippen LogP contribution >= 0.6 is 0 Å². The summed E-state index contributed by atoms with van der Waals surface area (Å²) >= 11 is 0. The molecule has 0 radical (unpaired) electrons. The van der Waals surface area contributed by atoms with Gasteiger partial charge in [0.05, 0.1) is 0 Å². The van der Waals surface area contributed by atoms with E-state index in [2.05, 4.69) is 10.3 Å². The van der Waals surface area contributed by atoms with Gasteiger partial charge in [-0.25, -0.2) is 13.8 Å². The van der Waals surface area contributed by atoms with Gasteiger partial charge in [-0.15, -0.1) is 0 Å². The maximum atomic E-state index is 13.9. The van der Waals surface area contributed by atoms with Gasteiger partial charge in [0.1, 0.15) is 17.5 Å². The van der Waals surface area contributed by atoms with Gasteiger partial charge in [-0.3, -0.25) is 0 Å². The zero-order chi connectivity index (χ0) is 14.5. The number of nitrogens with two attached hydrogens (primary N) is 1. The van der Waals surface area contributed by atoms with E-state index >= 15 is 0 Å². The number of hydrogen-bond donors (Lipinski definition) is 2. The number of nitrogen functional groups attached to an aromatic ring is 1. The molecular formula is C15H17F2N3. The average Bonchev–Trinajstić information content (AvgIpc) is 2.41. The Kier molecular flexibility index (Phi) is 4.63. The van der Waals surface area contributed by atoms with Crippen molar-refractivity contribution in [1.29, 1.82) is 0 Å². The van der Waals surface area contributed by atoms with Gasteiger partial charge in [0.2, 0.25) is 0 Å². The number of pyridine rings is 1. The van der Waals surface area contributed by atoms with Crippen molar-refractivity contribution in [2.45, 2.75) is 19.4 Å². The molecule has 0 fully saturated rings. The van der Waals surface area contributed by atoms with E-state index < -0.39 is 11.6 Å². The Hall–Kier alpha value is -2.01. The number of aromatic nitrogens is 1. The van der Waals surface area contributed by atoms with Gasteiger partial charge in [0, 0.05) is 23.9 Å². The Morgan fingerprint density at radius 3 is 2.75 bits per heavy atom. The van der Waals surface area contributed by atoms with Gasteiger partial charge in [0.25, 0.3) is 0 Å². The maximum Gasteiger partial charge on any atom is 0.130 e. The highest BCUT2D eigenvalue weighted by atomic mass is 19.1.